The van der Waals surface area contributed by atoms with Crippen molar-refractivity contribution in [2.75, 3.05) is 13.7 Å². The molecule has 6 nitrogen and oxygen atoms in total. The third-order valence-electron chi connectivity index (χ3n) is 5.55. The monoisotopic (exact) mass is 437 g/mol. The number of carbonyl (C=O) groups is 1. The van der Waals surface area contributed by atoms with Gasteiger partial charge >= 0.3 is 5.97 Å². The summed E-state index contributed by atoms with van der Waals surface area (Å²) >= 11 is 0. The van der Waals surface area contributed by atoms with Crippen LogP contribution in [0, 0.1) is 0 Å². The molecule has 0 radical (unpaired) electrons. The highest BCUT2D eigenvalue weighted by molar-refractivity contribution is 5.95. The molecule has 0 aliphatic heterocycles. The van der Waals surface area contributed by atoms with E-state index in [0.717, 1.165) is 33.6 Å². The van der Waals surface area contributed by atoms with Crippen LogP contribution >= 0.6 is 0 Å². The standard InChI is InChI=1S/C27H23N3O3/c1-3-33-27(31)25-26(29(18-28-25)21-10-5-4-6-11-21)30-23-12-8-7-9-20(23)17-24(30)19-13-15-22(32-2)16-14-19/h4-18H,3H2,1-2H3. The van der Waals surface area contributed by atoms with E-state index in [1.165, 1.54) is 0 Å². The van der Waals surface area contributed by atoms with Crippen LogP contribution in [0.25, 0.3) is 33.7 Å². The van der Waals surface area contributed by atoms with Gasteiger partial charge in [0.1, 0.15) is 12.1 Å². The Labute approximate surface area is 191 Å². The van der Waals surface area contributed by atoms with Gasteiger partial charge in [-0.2, -0.15) is 0 Å². The first-order valence-electron chi connectivity index (χ1n) is 10.8. The lowest BCUT2D eigenvalue weighted by molar-refractivity contribution is 0.0520. The quantitative estimate of drug-likeness (QED) is 0.321. The van der Waals surface area contributed by atoms with Crippen LogP contribution in [0.15, 0.2) is 91.3 Å². The van der Waals surface area contributed by atoms with Gasteiger partial charge in [0.05, 0.1) is 24.9 Å². The zero-order valence-electron chi connectivity index (χ0n) is 18.4. The average Bonchev–Trinajstić information content (AvgIpc) is 3.46. The zero-order chi connectivity index (χ0) is 22.8. The van der Waals surface area contributed by atoms with E-state index in [1.807, 2.05) is 77.4 Å². The number of fused-ring (bicyclic) bond motifs is 1. The first-order chi connectivity index (χ1) is 16.2. The molecule has 33 heavy (non-hydrogen) atoms. The predicted octanol–water partition coefficient (Wildman–Crippen LogP) is 5.67. The van der Waals surface area contributed by atoms with Gasteiger partial charge < -0.3 is 9.47 Å². The molecule has 5 rings (SSSR count). The number of esters is 1. The highest BCUT2D eigenvalue weighted by atomic mass is 16.5. The molecule has 0 amide bonds. The van der Waals surface area contributed by atoms with Crippen molar-refractivity contribution in [3.63, 3.8) is 0 Å². The van der Waals surface area contributed by atoms with E-state index in [0.29, 0.717) is 5.82 Å². The third kappa shape index (κ3) is 3.65. The summed E-state index contributed by atoms with van der Waals surface area (Å²) in [6, 6.07) is 27.9. The maximum Gasteiger partial charge on any atom is 0.360 e. The van der Waals surface area contributed by atoms with Crippen molar-refractivity contribution in [1.29, 1.82) is 0 Å². The lowest BCUT2D eigenvalue weighted by Crippen LogP contribution is -2.13. The average molecular weight is 437 g/mol. The summed E-state index contributed by atoms with van der Waals surface area (Å²) in [6.45, 7) is 2.06. The normalized spacial score (nSPS) is 11.0. The fourth-order valence-electron chi connectivity index (χ4n) is 4.03. The van der Waals surface area contributed by atoms with Crippen molar-refractivity contribution in [3.05, 3.63) is 97.0 Å². The van der Waals surface area contributed by atoms with Crippen molar-refractivity contribution < 1.29 is 14.3 Å². The zero-order valence-corrected chi connectivity index (χ0v) is 18.4. The molecule has 0 atom stereocenters. The Morgan fingerprint density at radius 2 is 1.67 bits per heavy atom. The Morgan fingerprint density at radius 3 is 2.39 bits per heavy atom. The number of nitrogens with zero attached hydrogens (tertiary/aromatic N) is 3. The minimum atomic E-state index is -0.458. The summed E-state index contributed by atoms with van der Waals surface area (Å²) in [5.74, 6) is 0.954. The molecule has 0 saturated heterocycles. The van der Waals surface area contributed by atoms with Crippen LogP contribution in [0.4, 0.5) is 0 Å². The molecule has 5 aromatic rings. The van der Waals surface area contributed by atoms with Crippen molar-refractivity contribution in [2.45, 2.75) is 6.92 Å². The molecule has 0 aliphatic carbocycles. The molecular formula is C27H23N3O3. The molecule has 2 heterocycles. The largest absolute Gasteiger partial charge is 0.497 e. The van der Waals surface area contributed by atoms with Crippen LogP contribution in [-0.2, 0) is 4.74 Å². The number of para-hydroxylation sites is 2. The van der Waals surface area contributed by atoms with Crippen LogP contribution < -0.4 is 4.74 Å². The molecule has 0 spiro atoms. The third-order valence-corrected chi connectivity index (χ3v) is 5.55. The summed E-state index contributed by atoms with van der Waals surface area (Å²) in [6.07, 6.45) is 1.67. The molecule has 0 unspecified atom stereocenters. The molecular weight excluding hydrogens is 414 g/mol. The summed E-state index contributed by atoms with van der Waals surface area (Å²) in [4.78, 5) is 17.4. The molecule has 0 fully saturated rings. The van der Waals surface area contributed by atoms with E-state index in [2.05, 4.69) is 21.7 Å². The Kier molecular flexibility index (Phi) is 5.40. The number of imidazole rings is 1. The molecule has 164 valence electrons. The first kappa shape index (κ1) is 20.6. The molecule has 3 aromatic carbocycles. The Morgan fingerprint density at radius 1 is 0.939 bits per heavy atom. The smallest absolute Gasteiger partial charge is 0.360 e. The second-order valence-electron chi connectivity index (χ2n) is 7.50. The van der Waals surface area contributed by atoms with Crippen LogP contribution in [-0.4, -0.2) is 33.8 Å². The van der Waals surface area contributed by atoms with E-state index in [4.69, 9.17) is 9.47 Å². The molecule has 0 bridgehead atoms. The highest BCUT2D eigenvalue weighted by Gasteiger charge is 2.25. The lowest BCUT2D eigenvalue weighted by Gasteiger charge is -2.16. The molecule has 6 heteroatoms. The number of hydrogen-bond donors (Lipinski definition) is 0. The van der Waals surface area contributed by atoms with Crippen LogP contribution in [0.3, 0.4) is 0 Å². The van der Waals surface area contributed by atoms with E-state index < -0.39 is 5.97 Å². The predicted molar refractivity (Wildman–Crippen MR) is 128 cm³/mol. The number of ether oxygens (including phenoxy) is 2. The number of benzene rings is 3. The van der Waals surface area contributed by atoms with Gasteiger partial charge in [0.15, 0.2) is 11.5 Å². The summed E-state index contributed by atoms with van der Waals surface area (Å²) < 4.78 is 14.7. The maximum atomic E-state index is 12.9. The minimum absolute atomic E-state index is 0.261. The fraction of sp³-hybridized carbons (Fsp3) is 0.111. The Hall–Kier alpha value is -4.32. The van der Waals surface area contributed by atoms with Crippen molar-refractivity contribution in [1.82, 2.24) is 14.1 Å². The molecule has 0 aliphatic rings. The fourth-order valence-corrected chi connectivity index (χ4v) is 4.03. The van der Waals surface area contributed by atoms with Gasteiger partial charge in [-0.25, -0.2) is 9.78 Å². The van der Waals surface area contributed by atoms with Gasteiger partial charge in [-0.05, 0) is 61.0 Å². The van der Waals surface area contributed by atoms with Crippen LogP contribution in [0.2, 0.25) is 0 Å². The van der Waals surface area contributed by atoms with E-state index in [9.17, 15) is 4.79 Å². The lowest BCUT2D eigenvalue weighted by atomic mass is 10.1. The van der Waals surface area contributed by atoms with Crippen LogP contribution in [0.1, 0.15) is 17.4 Å². The minimum Gasteiger partial charge on any atom is -0.497 e. The van der Waals surface area contributed by atoms with Crippen molar-refractivity contribution in [3.8, 4) is 28.5 Å². The summed E-state index contributed by atoms with van der Waals surface area (Å²) in [5.41, 5.74) is 4.04. The van der Waals surface area contributed by atoms with Crippen molar-refractivity contribution >= 4 is 16.9 Å². The molecule has 0 saturated carbocycles. The van der Waals surface area contributed by atoms with Gasteiger partial charge in [0, 0.05) is 11.1 Å². The SMILES string of the molecule is CCOC(=O)c1ncn(-c2ccccc2)c1-n1c(-c2ccc(OC)cc2)cc2ccccc21. The van der Waals surface area contributed by atoms with Crippen molar-refractivity contribution in [2.24, 2.45) is 0 Å². The second-order valence-corrected chi connectivity index (χ2v) is 7.50. The van der Waals surface area contributed by atoms with Crippen LogP contribution in [0.5, 0.6) is 5.75 Å². The highest BCUT2D eigenvalue weighted by Crippen LogP contribution is 2.34. The van der Waals surface area contributed by atoms with Gasteiger partial charge in [-0.15, -0.1) is 0 Å². The van der Waals surface area contributed by atoms with E-state index in [-0.39, 0.29) is 12.3 Å². The Balaban J connectivity index is 1.83. The number of rotatable bonds is 6. The van der Waals surface area contributed by atoms with Gasteiger partial charge in [-0.1, -0.05) is 36.4 Å². The Bertz CT molecular complexity index is 1420. The molecule has 0 N–H and O–H groups in total. The maximum absolute atomic E-state index is 12.9. The second kappa shape index (κ2) is 8.67. The molecule has 2 aromatic heterocycles. The number of aromatic nitrogens is 3. The van der Waals surface area contributed by atoms with E-state index in [1.54, 1.807) is 20.4 Å². The number of carbonyl (C=O) groups excluding carboxylic acids is 1. The van der Waals surface area contributed by atoms with Gasteiger partial charge in [-0.3, -0.25) is 9.13 Å². The number of hydrogen-bond acceptors (Lipinski definition) is 4. The first-order valence-corrected chi connectivity index (χ1v) is 10.8. The van der Waals surface area contributed by atoms with Gasteiger partial charge in [0.25, 0.3) is 0 Å². The number of methoxy groups -OCH3 is 1. The topological polar surface area (TPSA) is 58.3 Å². The van der Waals surface area contributed by atoms with Gasteiger partial charge in [0.2, 0.25) is 0 Å². The van der Waals surface area contributed by atoms with E-state index >= 15 is 0 Å². The summed E-state index contributed by atoms with van der Waals surface area (Å²) in [7, 11) is 1.65. The summed E-state index contributed by atoms with van der Waals surface area (Å²) in [5, 5.41) is 1.05.